The molecule has 0 radical (unpaired) electrons. The summed E-state index contributed by atoms with van der Waals surface area (Å²) in [5.41, 5.74) is 0. The van der Waals surface area contributed by atoms with Gasteiger partial charge in [0, 0.05) is 27.1 Å². The molecular weight excluding hydrogens is 328 g/mol. The summed E-state index contributed by atoms with van der Waals surface area (Å²) in [6.07, 6.45) is 2.02. The van der Waals surface area contributed by atoms with Crippen LogP contribution in [0.2, 0.25) is 0 Å². The van der Waals surface area contributed by atoms with Crippen LogP contribution in [-0.4, -0.2) is 50.3 Å². The highest BCUT2D eigenvalue weighted by Gasteiger charge is 2.25. The normalized spacial score (nSPS) is 11.6. The van der Waals surface area contributed by atoms with Crippen LogP contribution in [-0.2, 0) is 14.8 Å². The molecule has 7 nitrogen and oxygen atoms in total. The van der Waals surface area contributed by atoms with Crippen molar-refractivity contribution < 1.29 is 23.1 Å². The molecule has 0 aliphatic rings. The zero-order valence-corrected chi connectivity index (χ0v) is 14.2. The van der Waals surface area contributed by atoms with E-state index in [1.807, 2.05) is 0 Å². The third kappa shape index (κ3) is 5.08. The lowest BCUT2D eigenvalue weighted by Gasteiger charge is -2.11. The summed E-state index contributed by atoms with van der Waals surface area (Å²) in [5.74, 6) is -1.25. The summed E-state index contributed by atoms with van der Waals surface area (Å²) >= 11 is 1.08. The van der Waals surface area contributed by atoms with Crippen molar-refractivity contribution in [3.8, 4) is 0 Å². The maximum absolute atomic E-state index is 12.1. The Morgan fingerprint density at radius 3 is 2.55 bits per heavy atom. The number of rotatable bonds is 9. The molecule has 124 valence electrons. The molecule has 0 unspecified atom stereocenters. The fourth-order valence-electron chi connectivity index (χ4n) is 1.72. The number of carboxylic acid groups (broad SMARTS) is 1. The predicted molar refractivity (Wildman–Crippen MR) is 83.6 cm³/mol. The first-order valence-corrected chi connectivity index (χ1v) is 9.08. The molecule has 1 aromatic heterocycles. The Labute approximate surface area is 134 Å². The molecule has 0 aliphatic carbocycles. The highest BCUT2D eigenvalue weighted by Crippen LogP contribution is 2.23. The third-order valence-electron chi connectivity index (χ3n) is 2.95. The number of nitrogens with zero attached hydrogens (tertiary/aromatic N) is 1. The minimum Gasteiger partial charge on any atom is -0.481 e. The number of sulfonamides is 1. The van der Waals surface area contributed by atoms with Crippen LogP contribution in [0.3, 0.4) is 0 Å². The van der Waals surface area contributed by atoms with Gasteiger partial charge in [-0.3, -0.25) is 9.59 Å². The lowest BCUT2D eigenvalue weighted by atomic mass is 10.2. The number of amides is 1. The Morgan fingerprint density at radius 2 is 1.95 bits per heavy atom. The average Bonchev–Trinajstić information content (AvgIpc) is 2.92. The summed E-state index contributed by atoms with van der Waals surface area (Å²) in [5, 5.41) is 12.7. The van der Waals surface area contributed by atoms with Gasteiger partial charge in [-0.1, -0.05) is 6.42 Å². The Balaban J connectivity index is 2.54. The van der Waals surface area contributed by atoms with Crippen molar-refractivity contribution in [1.82, 2.24) is 9.62 Å². The maximum Gasteiger partial charge on any atom is 0.303 e. The second kappa shape index (κ2) is 8.25. The zero-order chi connectivity index (χ0) is 16.8. The van der Waals surface area contributed by atoms with Crippen LogP contribution >= 0.6 is 11.3 Å². The third-order valence-corrected chi connectivity index (χ3v) is 5.85. The monoisotopic (exact) mass is 348 g/mol. The van der Waals surface area contributed by atoms with Crippen molar-refractivity contribution in [1.29, 1.82) is 0 Å². The average molecular weight is 348 g/mol. The van der Waals surface area contributed by atoms with E-state index in [-0.39, 0.29) is 16.2 Å². The number of unbranched alkanes of at least 4 members (excludes halogenated alkanes) is 2. The van der Waals surface area contributed by atoms with Gasteiger partial charge in [0.25, 0.3) is 5.91 Å². The van der Waals surface area contributed by atoms with Crippen molar-refractivity contribution in [2.45, 2.75) is 30.6 Å². The van der Waals surface area contributed by atoms with E-state index in [1.165, 1.54) is 20.2 Å². The largest absolute Gasteiger partial charge is 0.481 e. The van der Waals surface area contributed by atoms with Crippen LogP contribution in [0.25, 0.3) is 0 Å². The molecule has 1 heterocycles. The van der Waals surface area contributed by atoms with Crippen LogP contribution in [0, 0.1) is 0 Å². The molecule has 0 fully saturated rings. The van der Waals surface area contributed by atoms with Crippen LogP contribution in [0.4, 0.5) is 0 Å². The van der Waals surface area contributed by atoms with E-state index >= 15 is 0 Å². The second-order valence-electron chi connectivity index (χ2n) is 4.86. The number of hydrogen-bond acceptors (Lipinski definition) is 5. The van der Waals surface area contributed by atoms with Gasteiger partial charge in [0.2, 0.25) is 10.0 Å². The molecule has 1 aromatic rings. The first-order chi connectivity index (χ1) is 10.3. The van der Waals surface area contributed by atoms with Crippen molar-refractivity contribution in [3.05, 3.63) is 16.3 Å². The van der Waals surface area contributed by atoms with Gasteiger partial charge in [-0.25, -0.2) is 12.7 Å². The van der Waals surface area contributed by atoms with Gasteiger partial charge in [0.15, 0.2) is 0 Å². The molecule has 0 saturated heterocycles. The van der Waals surface area contributed by atoms with Gasteiger partial charge in [0.05, 0.1) is 0 Å². The number of nitrogens with one attached hydrogen (secondary N) is 1. The van der Waals surface area contributed by atoms with E-state index < -0.39 is 21.9 Å². The SMILES string of the molecule is CN(C)S(=O)(=O)c1ccsc1C(=O)NCCCCCC(=O)O. The first-order valence-electron chi connectivity index (χ1n) is 6.77. The number of thiophene rings is 1. The Bertz CT molecular complexity index is 622. The number of carboxylic acids is 1. The van der Waals surface area contributed by atoms with Gasteiger partial charge >= 0.3 is 5.97 Å². The minimum absolute atomic E-state index is 0.00544. The molecule has 22 heavy (non-hydrogen) atoms. The van der Waals surface area contributed by atoms with Gasteiger partial charge in [-0.05, 0) is 24.3 Å². The van der Waals surface area contributed by atoms with Crippen LogP contribution < -0.4 is 5.32 Å². The fourth-order valence-corrected chi connectivity index (χ4v) is 3.93. The smallest absolute Gasteiger partial charge is 0.303 e. The van der Waals surface area contributed by atoms with E-state index in [1.54, 1.807) is 5.38 Å². The Kier molecular flexibility index (Phi) is 6.98. The molecule has 0 atom stereocenters. The molecule has 0 bridgehead atoms. The summed E-state index contributed by atoms with van der Waals surface area (Å²) in [4.78, 5) is 22.6. The fraction of sp³-hybridized carbons (Fsp3) is 0.538. The molecule has 9 heteroatoms. The highest BCUT2D eigenvalue weighted by atomic mass is 32.2. The van der Waals surface area contributed by atoms with Gasteiger partial charge in [0.1, 0.15) is 9.77 Å². The quantitative estimate of drug-likeness (QED) is 0.656. The Hall–Kier alpha value is -1.45. The molecule has 1 rings (SSSR count). The van der Waals surface area contributed by atoms with E-state index in [9.17, 15) is 18.0 Å². The van der Waals surface area contributed by atoms with Crippen LogP contribution in [0.1, 0.15) is 35.4 Å². The van der Waals surface area contributed by atoms with Crippen LogP contribution in [0.5, 0.6) is 0 Å². The van der Waals surface area contributed by atoms with Gasteiger partial charge < -0.3 is 10.4 Å². The second-order valence-corrected chi connectivity index (χ2v) is 7.90. The van der Waals surface area contributed by atoms with E-state index in [4.69, 9.17) is 5.11 Å². The highest BCUT2D eigenvalue weighted by molar-refractivity contribution is 7.89. The topological polar surface area (TPSA) is 104 Å². The van der Waals surface area contributed by atoms with Crippen molar-refractivity contribution in [2.75, 3.05) is 20.6 Å². The van der Waals surface area contributed by atoms with Gasteiger partial charge in [-0.2, -0.15) is 0 Å². The number of carbonyl (C=O) groups is 2. The molecule has 1 amide bonds. The van der Waals surface area contributed by atoms with E-state index in [0.717, 1.165) is 15.6 Å². The molecule has 2 N–H and O–H groups in total. The Morgan fingerprint density at radius 1 is 1.27 bits per heavy atom. The predicted octanol–water partition coefficient (Wildman–Crippen LogP) is 1.37. The molecule has 0 saturated carbocycles. The minimum atomic E-state index is -3.64. The van der Waals surface area contributed by atoms with Crippen molar-refractivity contribution in [3.63, 3.8) is 0 Å². The first kappa shape index (κ1) is 18.6. The van der Waals surface area contributed by atoms with Crippen molar-refractivity contribution >= 4 is 33.2 Å². The summed E-state index contributed by atoms with van der Waals surface area (Å²) in [6.45, 7) is 0.387. The van der Waals surface area contributed by atoms with E-state index in [2.05, 4.69) is 5.32 Å². The maximum atomic E-state index is 12.1. The molecule has 0 spiro atoms. The molecular formula is C13H20N2O5S2. The number of carbonyl (C=O) groups excluding carboxylic acids is 1. The van der Waals surface area contributed by atoms with Crippen molar-refractivity contribution in [2.24, 2.45) is 0 Å². The summed E-state index contributed by atoms with van der Waals surface area (Å²) in [7, 11) is -0.813. The summed E-state index contributed by atoms with van der Waals surface area (Å²) < 4.78 is 25.3. The van der Waals surface area contributed by atoms with Crippen LogP contribution in [0.15, 0.2) is 16.3 Å². The zero-order valence-electron chi connectivity index (χ0n) is 12.5. The molecule has 0 aliphatic heterocycles. The number of hydrogen-bond donors (Lipinski definition) is 2. The standard InChI is InChI=1S/C13H20N2O5S2/c1-15(2)22(19,20)10-7-9-21-12(10)13(18)14-8-5-3-4-6-11(16)17/h7,9H,3-6,8H2,1-2H3,(H,14,18)(H,16,17). The molecule has 0 aromatic carbocycles. The lowest BCUT2D eigenvalue weighted by Crippen LogP contribution is -2.28. The summed E-state index contributed by atoms with van der Waals surface area (Å²) in [6, 6.07) is 1.42. The number of aliphatic carboxylic acids is 1. The van der Waals surface area contributed by atoms with Gasteiger partial charge in [-0.15, -0.1) is 11.3 Å². The lowest BCUT2D eigenvalue weighted by molar-refractivity contribution is -0.137. The van der Waals surface area contributed by atoms with E-state index in [0.29, 0.717) is 25.8 Å².